The van der Waals surface area contributed by atoms with Crippen molar-refractivity contribution in [2.45, 2.75) is 69.0 Å². The molecule has 254 valence electrons. The minimum atomic E-state index is -4.55. The molecule has 0 bridgehead atoms. The maximum Gasteiger partial charge on any atom is 0.416 e. The van der Waals surface area contributed by atoms with E-state index in [4.69, 9.17) is 16.7 Å². The molecule has 5 aliphatic rings. The summed E-state index contributed by atoms with van der Waals surface area (Å²) in [6.07, 6.45) is -0.623. The maximum absolute atomic E-state index is 13.5. The number of nitrogens with one attached hydrogen (secondary N) is 2. The Bertz CT molecular complexity index is 1950. The molecular weight excluding hydrogens is 667 g/mol. The number of benzene rings is 2. The fourth-order valence-corrected chi connectivity index (χ4v) is 7.54. The van der Waals surface area contributed by atoms with Crippen LogP contribution in [0.5, 0.6) is 0 Å². The largest absolute Gasteiger partial charge is 0.416 e. The Balaban J connectivity index is 0.899. The van der Waals surface area contributed by atoms with Crippen molar-refractivity contribution in [1.29, 1.82) is 0 Å². The lowest BCUT2D eigenvalue weighted by Crippen LogP contribution is -2.58. The smallest absolute Gasteiger partial charge is 0.368 e. The van der Waals surface area contributed by atoms with Crippen LogP contribution in [-0.4, -0.2) is 74.3 Å². The van der Waals surface area contributed by atoms with Gasteiger partial charge in [-0.15, -0.1) is 0 Å². The topological polar surface area (TPSA) is 137 Å². The number of hydrogen-bond donors (Lipinski definition) is 2. The molecule has 16 heteroatoms. The summed E-state index contributed by atoms with van der Waals surface area (Å²) in [5, 5.41) is 9.52. The molecule has 4 aliphatic heterocycles. The summed E-state index contributed by atoms with van der Waals surface area (Å²) in [4.78, 5) is 69.0. The molecule has 1 aromatic heterocycles. The third-order valence-corrected chi connectivity index (χ3v) is 10.7. The molecule has 49 heavy (non-hydrogen) atoms. The molecular formula is C33H29ClF3N7O5. The number of carbonyl (C=O) groups is 5. The number of imide groups is 2. The van der Waals surface area contributed by atoms with Crippen molar-refractivity contribution < 1.29 is 37.1 Å². The second-order valence-electron chi connectivity index (χ2n) is 13.2. The van der Waals surface area contributed by atoms with Gasteiger partial charge in [-0.2, -0.15) is 18.3 Å². The zero-order valence-corrected chi connectivity index (χ0v) is 26.6. The highest BCUT2D eigenvalue weighted by Crippen LogP contribution is 2.43. The molecule has 5 amide bonds. The van der Waals surface area contributed by atoms with E-state index in [2.05, 4.69) is 20.4 Å². The van der Waals surface area contributed by atoms with Crippen LogP contribution in [0.4, 0.5) is 24.5 Å². The number of halogens is 4. The molecule has 3 aromatic rings. The van der Waals surface area contributed by atoms with Crippen molar-refractivity contribution in [3.8, 4) is 0 Å². The van der Waals surface area contributed by atoms with Crippen molar-refractivity contribution >= 4 is 52.5 Å². The molecule has 0 radical (unpaired) electrons. The monoisotopic (exact) mass is 695 g/mol. The number of nitrogens with zero attached hydrogens (tertiary/aromatic N) is 5. The Morgan fingerprint density at radius 1 is 1.00 bits per heavy atom. The first-order valence-corrected chi connectivity index (χ1v) is 16.3. The Hall–Kier alpha value is -4.76. The van der Waals surface area contributed by atoms with E-state index in [0.29, 0.717) is 39.0 Å². The Morgan fingerprint density at radius 3 is 2.41 bits per heavy atom. The van der Waals surface area contributed by atoms with Gasteiger partial charge in [0.2, 0.25) is 11.8 Å². The van der Waals surface area contributed by atoms with Crippen LogP contribution in [0.3, 0.4) is 0 Å². The van der Waals surface area contributed by atoms with Gasteiger partial charge in [-0.3, -0.25) is 43.8 Å². The lowest BCUT2D eigenvalue weighted by molar-refractivity contribution is -0.138. The number of piperidine rings is 1. The van der Waals surface area contributed by atoms with Gasteiger partial charge in [-0.05, 0) is 62.1 Å². The summed E-state index contributed by atoms with van der Waals surface area (Å²) < 4.78 is 40.9. The molecule has 1 aliphatic carbocycles. The normalized spacial score (nSPS) is 22.1. The van der Waals surface area contributed by atoms with Crippen LogP contribution in [0.2, 0.25) is 5.02 Å². The van der Waals surface area contributed by atoms with Crippen LogP contribution in [-0.2, 0) is 39.2 Å². The molecule has 12 nitrogen and oxygen atoms in total. The van der Waals surface area contributed by atoms with Gasteiger partial charge in [0, 0.05) is 56.1 Å². The molecule has 1 unspecified atom stereocenters. The number of fused-ring (bicyclic) bond motifs is 2. The van der Waals surface area contributed by atoms with Gasteiger partial charge in [0.15, 0.2) is 0 Å². The Morgan fingerprint density at radius 2 is 1.76 bits per heavy atom. The number of alkyl halides is 3. The molecule has 8 rings (SSSR count). The third-order valence-electron chi connectivity index (χ3n) is 10.4. The predicted molar refractivity (Wildman–Crippen MR) is 167 cm³/mol. The number of anilines is 2. The van der Waals surface area contributed by atoms with Gasteiger partial charge < -0.3 is 10.2 Å². The van der Waals surface area contributed by atoms with Gasteiger partial charge in [0.1, 0.15) is 11.6 Å². The fraction of sp³-hybridized carbons (Fsp3) is 0.394. The number of aromatic nitrogens is 2. The molecule has 3 fully saturated rings. The van der Waals surface area contributed by atoms with Crippen molar-refractivity contribution in [2.24, 2.45) is 0 Å². The van der Waals surface area contributed by atoms with E-state index < -0.39 is 46.9 Å². The molecule has 0 spiro atoms. The van der Waals surface area contributed by atoms with E-state index in [1.165, 1.54) is 0 Å². The van der Waals surface area contributed by atoms with Gasteiger partial charge in [0.25, 0.3) is 17.7 Å². The van der Waals surface area contributed by atoms with Gasteiger partial charge >= 0.3 is 6.18 Å². The SMILES string of the molecule is O=C1CCC(N2C(=O)c3ccc(N4CC(N5Cc6cn(C7(C(=O)Nc8ccc(C(F)(F)F)cc8Cl)CCC7)nc6C5)C4)cc3C2=O)C(=O)N1. The highest BCUT2D eigenvalue weighted by atomic mass is 35.5. The summed E-state index contributed by atoms with van der Waals surface area (Å²) in [5.74, 6) is -2.54. The standard InChI is InChI=1S/C33H29ClF3N7O5/c34-23-10-18(33(35,36)37)2-5-24(23)38-31(49)32(8-1-9-32)43-13-17-12-41(16-25(17)40-43)20-14-42(15-20)19-3-4-21-22(11-19)30(48)44(29(21)47)26-6-7-27(45)39-28(26)46/h2-5,10-11,13,20,26H,1,6-9,12,14-16H2,(H,38,49)(H,39,45,46). The predicted octanol–water partition coefficient (Wildman–Crippen LogP) is 3.68. The lowest BCUT2D eigenvalue weighted by Gasteiger charge is -2.45. The van der Waals surface area contributed by atoms with Crippen LogP contribution in [0, 0.1) is 0 Å². The summed E-state index contributed by atoms with van der Waals surface area (Å²) in [6.45, 7) is 2.58. The first kappa shape index (κ1) is 31.5. The van der Waals surface area contributed by atoms with Crippen molar-refractivity contribution in [3.05, 3.63) is 75.6 Å². The molecule has 5 heterocycles. The maximum atomic E-state index is 13.5. The molecule has 1 saturated carbocycles. The van der Waals surface area contributed by atoms with Crippen molar-refractivity contribution in [2.75, 3.05) is 23.3 Å². The summed E-state index contributed by atoms with van der Waals surface area (Å²) in [6, 6.07) is 7.11. The van der Waals surface area contributed by atoms with Crippen LogP contribution in [0.15, 0.2) is 42.6 Å². The van der Waals surface area contributed by atoms with E-state index in [0.717, 1.165) is 46.5 Å². The lowest BCUT2D eigenvalue weighted by atomic mass is 9.76. The summed E-state index contributed by atoms with van der Waals surface area (Å²) in [5.41, 5.74) is 1.38. The molecule has 2 saturated heterocycles. The van der Waals surface area contributed by atoms with E-state index in [-0.39, 0.29) is 46.6 Å². The summed E-state index contributed by atoms with van der Waals surface area (Å²) in [7, 11) is 0. The number of hydrogen-bond acceptors (Lipinski definition) is 8. The number of carbonyl (C=O) groups excluding carboxylic acids is 5. The molecule has 2 aromatic carbocycles. The zero-order valence-electron chi connectivity index (χ0n) is 25.8. The Labute approximate surface area is 282 Å². The van der Waals surface area contributed by atoms with Gasteiger partial charge in [-0.25, -0.2) is 0 Å². The van der Waals surface area contributed by atoms with Crippen LogP contribution in [0.1, 0.15) is 69.6 Å². The summed E-state index contributed by atoms with van der Waals surface area (Å²) >= 11 is 6.09. The van der Waals surface area contributed by atoms with Gasteiger partial charge in [-0.1, -0.05) is 11.6 Å². The van der Waals surface area contributed by atoms with Crippen molar-refractivity contribution in [1.82, 2.24) is 24.9 Å². The van der Waals surface area contributed by atoms with Crippen LogP contribution < -0.4 is 15.5 Å². The second-order valence-corrected chi connectivity index (χ2v) is 13.6. The minimum Gasteiger partial charge on any atom is -0.368 e. The van der Waals surface area contributed by atoms with E-state index in [1.54, 1.807) is 22.9 Å². The minimum absolute atomic E-state index is 0.0551. The number of amides is 5. The van der Waals surface area contributed by atoms with Crippen LogP contribution >= 0.6 is 11.6 Å². The zero-order chi connectivity index (χ0) is 34.4. The van der Waals surface area contributed by atoms with E-state index in [1.807, 2.05) is 6.20 Å². The van der Waals surface area contributed by atoms with Crippen molar-refractivity contribution in [3.63, 3.8) is 0 Å². The Kier molecular flexibility index (Phi) is 7.16. The van der Waals surface area contributed by atoms with E-state index >= 15 is 0 Å². The first-order valence-electron chi connectivity index (χ1n) is 15.9. The molecule has 2 N–H and O–H groups in total. The first-order chi connectivity index (χ1) is 23.3. The average Bonchev–Trinajstić information content (AvgIpc) is 3.63. The molecule has 1 atom stereocenters. The number of rotatable bonds is 6. The van der Waals surface area contributed by atoms with E-state index in [9.17, 15) is 37.1 Å². The van der Waals surface area contributed by atoms with Gasteiger partial charge in [0.05, 0.1) is 33.1 Å². The highest BCUT2D eigenvalue weighted by molar-refractivity contribution is 6.33. The quantitative estimate of drug-likeness (QED) is 0.373. The average molecular weight is 696 g/mol. The fourth-order valence-electron chi connectivity index (χ4n) is 7.31. The highest BCUT2D eigenvalue weighted by Gasteiger charge is 2.49. The second kappa shape index (κ2) is 11.1. The van der Waals surface area contributed by atoms with Crippen LogP contribution in [0.25, 0.3) is 0 Å². The third kappa shape index (κ3) is 5.09.